The van der Waals surface area contributed by atoms with Crippen LogP contribution in [0.5, 0.6) is 0 Å². The van der Waals surface area contributed by atoms with Crippen molar-refractivity contribution in [2.75, 3.05) is 6.54 Å². The monoisotopic (exact) mass is 524 g/mol. The second-order valence-corrected chi connectivity index (χ2v) is 7.90. The Kier molecular flexibility index (Phi) is 9.09. The standard InChI is InChI=1S/C21H28N6S.HI/c1-15-7-5-8-16(2)19(15)10-11-22-21(23-13-18-9-6-12-28-18)24-14-20-26-25-17(3)27(20)4;/h5-9,12H,10-11,13-14H2,1-4H3,(H2,22,23,24);1H. The fourth-order valence-corrected chi connectivity index (χ4v) is 3.69. The van der Waals surface area contributed by atoms with Crippen LogP contribution in [0.2, 0.25) is 0 Å². The number of hydrogen-bond acceptors (Lipinski definition) is 4. The molecule has 3 rings (SSSR count). The van der Waals surface area contributed by atoms with Gasteiger partial charge in [-0.05, 0) is 55.3 Å². The highest BCUT2D eigenvalue weighted by atomic mass is 127. The molecule has 0 amide bonds. The second-order valence-electron chi connectivity index (χ2n) is 6.87. The molecule has 0 saturated heterocycles. The molecule has 1 aromatic carbocycles. The number of guanidine groups is 1. The fraction of sp³-hybridized carbons (Fsp3) is 0.381. The molecule has 0 fully saturated rings. The van der Waals surface area contributed by atoms with Gasteiger partial charge in [0.05, 0.1) is 6.54 Å². The number of rotatable bonds is 7. The maximum Gasteiger partial charge on any atom is 0.192 e. The zero-order valence-electron chi connectivity index (χ0n) is 17.4. The Hall–Kier alpha value is -1.94. The van der Waals surface area contributed by atoms with Gasteiger partial charge < -0.3 is 15.2 Å². The highest BCUT2D eigenvalue weighted by molar-refractivity contribution is 14.0. The summed E-state index contributed by atoms with van der Waals surface area (Å²) in [5.41, 5.74) is 4.07. The van der Waals surface area contributed by atoms with Crippen molar-refractivity contribution in [3.05, 3.63) is 68.9 Å². The largest absolute Gasteiger partial charge is 0.356 e. The summed E-state index contributed by atoms with van der Waals surface area (Å²) in [7, 11) is 1.97. The van der Waals surface area contributed by atoms with Crippen LogP contribution in [0.4, 0.5) is 0 Å². The zero-order chi connectivity index (χ0) is 19.9. The van der Waals surface area contributed by atoms with Gasteiger partial charge in [-0.2, -0.15) is 0 Å². The van der Waals surface area contributed by atoms with Crippen molar-refractivity contribution in [3.63, 3.8) is 0 Å². The smallest absolute Gasteiger partial charge is 0.192 e. The van der Waals surface area contributed by atoms with Gasteiger partial charge in [0.1, 0.15) is 12.4 Å². The van der Waals surface area contributed by atoms with Gasteiger partial charge in [-0.3, -0.25) is 0 Å². The number of aryl methyl sites for hydroxylation is 3. The van der Waals surface area contributed by atoms with Crippen LogP contribution in [0.3, 0.4) is 0 Å². The van der Waals surface area contributed by atoms with Gasteiger partial charge in [0, 0.05) is 18.5 Å². The van der Waals surface area contributed by atoms with E-state index in [1.165, 1.54) is 21.6 Å². The van der Waals surface area contributed by atoms with Crippen LogP contribution >= 0.6 is 35.3 Å². The SMILES string of the molecule is Cc1cccc(C)c1CCNC(=NCc1nnc(C)n1C)NCc1cccs1.I. The summed E-state index contributed by atoms with van der Waals surface area (Å²) in [6.45, 7) is 8.34. The normalized spacial score (nSPS) is 11.2. The van der Waals surface area contributed by atoms with Crippen molar-refractivity contribution in [1.29, 1.82) is 0 Å². The number of aliphatic imine (C=N–C) groups is 1. The van der Waals surface area contributed by atoms with Gasteiger partial charge in [-0.15, -0.1) is 45.5 Å². The average Bonchev–Trinajstić information content (AvgIpc) is 3.30. The molecule has 2 N–H and O–H groups in total. The molecule has 2 aromatic heterocycles. The number of benzene rings is 1. The van der Waals surface area contributed by atoms with E-state index in [9.17, 15) is 0 Å². The first kappa shape index (κ1) is 23.3. The molecule has 0 radical (unpaired) electrons. The predicted octanol–water partition coefficient (Wildman–Crippen LogP) is 3.90. The van der Waals surface area contributed by atoms with Crippen LogP contribution in [0.15, 0.2) is 40.7 Å². The maximum absolute atomic E-state index is 4.72. The van der Waals surface area contributed by atoms with Crippen molar-refractivity contribution in [2.45, 2.75) is 40.3 Å². The summed E-state index contributed by atoms with van der Waals surface area (Å²) >= 11 is 1.74. The molecule has 0 aliphatic heterocycles. The molecule has 3 aromatic rings. The molecule has 29 heavy (non-hydrogen) atoms. The third-order valence-corrected chi connectivity index (χ3v) is 5.76. The number of nitrogens with one attached hydrogen (secondary N) is 2. The number of halogens is 1. The van der Waals surface area contributed by atoms with Gasteiger partial charge in [-0.1, -0.05) is 24.3 Å². The van der Waals surface area contributed by atoms with Crippen LogP contribution in [-0.4, -0.2) is 27.3 Å². The highest BCUT2D eigenvalue weighted by Crippen LogP contribution is 2.13. The molecule has 0 atom stereocenters. The van der Waals surface area contributed by atoms with Crippen molar-refractivity contribution in [3.8, 4) is 0 Å². The molecule has 8 heteroatoms. The molecule has 0 bridgehead atoms. The van der Waals surface area contributed by atoms with E-state index in [2.05, 4.69) is 70.4 Å². The quantitative estimate of drug-likeness (QED) is 0.280. The van der Waals surface area contributed by atoms with E-state index >= 15 is 0 Å². The van der Waals surface area contributed by atoms with Gasteiger partial charge in [0.2, 0.25) is 0 Å². The minimum atomic E-state index is 0. The molecule has 0 aliphatic carbocycles. The molecule has 0 aliphatic rings. The minimum Gasteiger partial charge on any atom is -0.356 e. The number of thiophene rings is 1. The Morgan fingerprint density at radius 2 is 1.83 bits per heavy atom. The molecule has 2 heterocycles. The Bertz CT molecular complexity index is 913. The lowest BCUT2D eigenvalue weighted by atomic mass is 10.0. The molecule has 0 spiro atoms. The first-order chi connectivity index (χ1) is 13.5. The van der Waals surface area contributed by atoms with Crippen LogP contribution in [0, 0.1) is 20.8 Å². The van der Waals surface area contributed by atoms with E-state index in [1.807, 2.05) is 18.5 Å². The molecule has 0 unspecified atom stereocenters. The zero-order valence-corrected chi connectivity index (χ0v) is 20.5. The van der Waals surface area contributed by atoms with Gasteiger partial charge >= 0.3 is 0 Å². The van der Waals surface area contributed by atoms with Crippen molar-refractivity contribution >= 4 is 41.3 Å². The van der Waals surface area contributed by atoms with E-state index in [0.717, 1.165) is 37.1 Å². The lowest BCUT2D eigenvalue weighted by molar-refractivity contribution is 0.748. The molecule has 6 nitrogen and oxygen atoms in total. The van der Waals surface area contributed by atoms with Crippen molar-refractivity contribution in [2.24, 2.45) is 12.0 Å². The van der Waals surface area contributed by atoms with E-state index < -0.39 is 0 Å². The van der Waals surface area contributed by atoms with Crippen molar-refractivity contribution < 1.29 is 0 Å². The summed E-state index contributed by atoms with van der Waals surface area (Å²) in [5, 5.41) is 17.3. The summed E-state index contributed by atoms with van der Waals surface area (Å²) < 4.78 is 1.97. The van der Waals surface area contributed by atoms with Gasteiger partial charge in [0.15, 0.2) is 11.8 Å². The number of hydrogen-bond donors (Lipinski definition) is 2. The van der Waals surface area contributed by atoms with E-state index in [0.29, 0.717) is 6.54 Å². The summed E-state index contributed by atoms with van der Waals surface area (Å²) in [6.07, 6.45) is 0.960. The average molecular weight is 524 g/mol. The van der Waals surface area contributed by atoms with Crippen LogP contribution in [0.25, 0.3) is 0 Å². The molecule has 156 valence electrons. The third kappa shape index (κ3) is 6.53. The Balaban J connectivity index is 0.00000300. The number of nitrogens with zero attached hydrogens (tertiary/aromatic N) is 4. The minimum absolute atomic E-state index is 0. The fourth-order valence-electron chi connectivity index (χ4n) is 3.05. The van der Waals surface area contributed by atoms with Crippen LogP contribution in [0.1, 0.15) is 33.2 Å². The lowest BCUT2D eigenvalue weighted by Gasteiger charge is -2.14. The van der Waals surface area contributed by atoms with E-state index in [4.69, 9.17) is 4.99 Å². The Labute approximate surface area is 193 Å². The maximum atomic E-state index is 4.72. The molecule has 0 saturated carbocycles. The summed E-state index contributed by atoms with van der Waals surface area (Å²) in [5.74, 6) is 2.53. The van der Waals surface area contributed by atoms with Crippen molar-refractivity contribution in [1.82, 2.24) is 25.4 Å². The Morgan fingerprint density at radius 1 is 1.07 bits per heavy atom. The predicted molar refractivity (Wildman–Crippen MR) is 131 cm³/mol. The van der Waals surface area contributed by atoms with E-state index in [1.54, 1.807) is 11.3 Å². The Morgan fingerprint density at radius 3 is 2.45 bits per heavy atom. The summed E-state index contributed by atoms with van der Waals surface area (Å²) in [4.78, 5) is 6.00. The van der Waals surface area contributed by atoms with Gasteiger partial charge in [0.25, 0.3) is 0 Å². The third-order valence-electron chi connectivity index (χ3n) is 4.88. The number of aromatic nitrogens is 3. The van der Waals surface area contributed by atoms with E-state index in [-0.39, 0.29) is 24.0 Å². The first-order valence-electron chi connectivity index (χ1n) is 9.49. The molecular formula is C21H29IN6S. The molecular weight excluding hydrogens is 495 g/mol. The summed E-state index contributed by atoms with van der Waals surface area (Å²) in [6, 6.07) is 10.6. The van der Waals surface area contributed by atoms with Gasteiger partial charge in [-0.25, -0.2) is 4.99 Å². The topological polar surface area (TPSA) is 67.1 Å². The lowest BCUT2D eigenvalue weighted by Crippen LogP contribution is -2.38. The first-order valence-corrected chi connectivity index (χ1v) is 10.4. The highest BCUT2D eigenvalue weighted by Gasteiger charge is 2.07. The van der Waals surface area contributed by atoms with Crippen LogP contribution in [-0.2, 0) is 26.6 Å². The second kappa shape index (κ2) is 11.3. The van der Waals surface area contributed by atoms with Crippen LogP contribution < -0.4 is 10.6 Å².